The number of carboxylic acids is 1. The van der Waals surface area contributed by atoms with Crippen molar-refractivity contribution in [2.45, 2.75) is 13.5 Å². The van der Waals surface area contributed by atoms with Crippen LogP contribution in [0.5, 0.6) is 5.75 Å². The third-order valence-corrected chi connectivity index (χ3v) is 3.84. The molecule has 0 aliphatic rings. The molecule has 0 amide bonds. The highest BCUT2D eigenvalue weighted by atomic mass is 35.5. The molecule has 0 aliphatic carbocycles. The number of hydrogen-bond acceptors (Lipinski definition) is 3. The number of aliphatic carboxylic acids is 1. The molecule has 2 rings (SSSR count). The van der Waals surface area contributed by atoms with E-state index >= 15 is 0 Å². The molecule has 0 aliphatic heterocycles. The predicted molar refractivity (Wildman–Crippen MR) is 81.5 cm³/mol. The van der Waals surface area contributed by atoms with Crippen LogP contribution in [0.1, 0.15) is 15.3 Å². The van der Waals surface area contributed by atoms with Crippen LogP contribution in [0.15, 0.2) is 36.4 Å². The van der Waals surface area contributed by atoms with Gasteiger partial charge in [-0.1, -0.05) is 11.6 Å². The van der Waals surface area contributed by atoms with Crippen molar-refractivity contribution in [3.63, 3.8) is 0 Å². The third kappa shape index (κ3) is 4.11. The Labute approximate surface area is 126 Å². The summed E-state index contributed by atoms with van der Waals surface area (Å²) in [5, 5.41) is 9.26. The molecule has 1 N–H and O–H groups in total. The summed E-state index contributed by atoms with van der Waals surface area (Å²) in [6, 6.07) is 9.29. The summed E-state index contributed by atoms with van der Waals surface area (Å²) >= 11 is 7.39. The molecule has 1 aromatic carbocycles. The van der Waals surface area contributed by atoms with Gasteiger partial charge in [0.05, 0.1) is 0 Å². The molecule has 0 spiro atoms. The molecular weight excluding hydrogens is 296 g/mol. The van der Waals surface area contributed by atoms with E-state index in [1.165, 1.54) is 11.3 Å². The summed E-state index contributed by atoms with van der Waals surface area (Å²) in [4.78, 5) is 12.4. The molecule has 104 valence electrons. The van der Waals surface area contributed by atoms with Crippen LogP contribution in [0, 0.1) is 6.92 Å². The van der Waals surface area contributed by atoms with Crippen LogP contribution >= 0.6 is 22.9 Å². The van der Waals surface area contributed by atoms with Gasteiger partial charge in [0.15, 0.2) is 0 Å². The van der Waals surface area contributed by atoms with Gasteiger partial charge in [-0.3, -0.25) is 0 Å². The van der Waals surface area contributed by atoms with E-state index in [0.717, 1.165) is 27.1 Å². The van der Waals surface area contributed by atoms with E-state index in [2.05, 4.69) is 0 Å². The van der Waals surface area contributed by atoms with Crippen LogP contribution in [0.4, 0.5) is 0 Å². The van der Waals surface area contributed by atoms with Crippen LogP contribution in [0.25, 0.3) is 6.08 Å². The number of carboxylic acid groups (broad SMARTS) is 1. The molecule has 0 radical (unpaired) electrons. The Balaban J connectivity index is 1.99. The van der Waals surface area contributed by atoms with Gasteiger partial charge in [0.1, 0.15) is 12.4 Å². The number of carbonyl (C=O) groups is 1. The molecule has 0 saturated carbocycles. The maximum atomic E-state index is 10.4. The van der Waals surface area contributed by atoms with Gasteiger partial charge in [-0.15, -0.1) is 11.3 Å². The summed E-state index contributed by atoms with van der Waals surface area (Å²) in [6.07, 6.45) is 2.70. The minimum atomic E-state index is -0.951. The molecule has 0 atom stereocenters. The summed E-state index contributed by atoms with van der Waals surface area (Å²) in [5.41, 5.74) is 0.986. The molecular formula is C15H13ClO3S. The van der Waals surface area contributed by atoms with Crippen LogP contribution in [0.3, 0.4) is 0 Å². The second-order valence-corrected chi connectivity index (χ2v) is 5.81. The van der Waals surface area contributed by atoms with Crippen molar-refractivity contribution in [2.24, 2.45) is 0 Å². The van der Waals surface area contributed by atoms with E-state index in [4.69, 9.17) is 21.4 Å². The second kappa shape index (κ2) is 6.59. The largest absolute Gasteiger partial charge is 0.488 e. The zero-order valence-corrected chi connectivity index (χ0v) is 12.4. The molecule has 0 bridgehead atoms. The van der Waals surface area contributed by atoms with Crippen molar-refractivity contribution >= 4 is 35.0 Å². The van der Waals surface area contributed by atoms with Gasteiger partial charge in [0, 0.05) is 20.9 Å². The van der Waals surface area contributed by atoms with Gasteiger partial charge in [0.25, 0.3) is 0 Å². The van der Waals surface area contributed by atoms with E-state index in [1.807, 2.05) is 31.2 Å². The minimum Gasteiger partial charge on any atom is -0.488 e. The highest BCUT2D eigenvalue weighted by molar-refractivity contribution is 7.12. The first-order chi connectivity index (χ1) is 9.54. The summed E-state index contributed by atoms with van der Waals surface area (Å²) in [7, 11) is 0. The zero-order valence-electron chi connectivity index (χ0n) is 10.8. The lowest BCUT2D eigenvalue weighted by Gasteiger charge is -2.07. The van der Waals surface area contributed by atoms with Gasteiger partial charge < -0.3 is 9.84 Å². The van der Waals surface area contributed by atoms with E-state index in [0.29, 0.717) is 11.6 Å². The lowest BCUT2D eigenvalue weighted by Crippen LogP contribution is -1.94. The summed E-state index contributed by atoms with van der Waals surface area (Å²) < 4.78 is 5.73. The van der Waals surface area contributed by atoms with Crippen molar-refractivity contribution in [3.05, 3.63) is 56.7 Å². The average Bonchev–Trinajstić information content (AvgIpc) is 2.83. The van der Waals surface area contributed by atoms with Crippen molar-refractivity contribution in [2.75, 3.05) is 0 Å². The van der Waals surface area contributed by atoms with Crippen LogP contribution in [-0.4, -0.2) is 11.1 Å². The number of halogens is 1. The lowest BCUT2D eigenvalue weighted by molar-refractivity contribution is -0.131. The molecule has 0 saturated heterocycles. The van der Waals surface area contributed by atoms with Crippen LogP contribution in [-0.2, 0) is 11.4 Å². The molecule has 0 fully saturated rings. The Hall–Kier alpha value is -1.78. The van der Waals surface area contributed by atoms with Gasteiger partial charge in [-0.25, -0.2) is 4.79 Å². The van der Waals surface area contributed by atoms with E-state index in [-0.39, 0.29) is 0 Å². The first-order valence-electron chi connectivity index (χ1n) is 5.93. The molecule has 1 heterocycles. The SMILES string of the molecule is Cc1cc(Cl)ccc1OCc1ccc(C=CC(=O)O)s1. The Morgan fingerprint density at radius 2 is 2.20 bits per heavy atom. The quantitative estimate of drug-likeness (QED) is 0.833. The minimum absolute atomic E-state index is 0.452. The van der Waals surface area contributed by atoms with Gasteiger partial charge in [-0.2, -0.15) is 0 Å². The Bertz CT molecular complexity index is 646. The van der Waals surface area contributed by atoms with E-state index in [1.54, 1.807) is 12.1 Å². The fourth-order valence-electron chi connectivity index (χ4n) is 1.64. The van der Waals surface area contributed by atoms with E-state index < -0.39 is 5.97 Å². The van der Waals surface area contributed by atoms with Crippen LogP contribution in [0.2, 0.25) is 5.02 Å². The van der Waals surface area contributed by atoms with Crippen LogP contribution < -0.4 is 4.74 Å². The number of hydrogen-bond donors (Lipinski definition) is 1. The van der Waals surface area contributed by atoms with Crippen molar-refractivity contribution in [1.29, 1.82) is 0 Å². The van der Waals surface area contributed by atoms with Crippen molar-refractivity contribution in [1.82, 2.24) is 0 Å². The predicted octanol–water partition coefficient (Wildman–Crippen LogP) is 4.39. The Morgan fingerprint density at radius 1 is 1.40 bits per heavy atom. The lowest BCUT2D eigenvalue weighted by atomic mass is 10.2. The molecule has 20 heavy (non-hydrogen) atoms. The maximum absolute atomic E-state index is 10.4. The fourth-order valence-corrected chi connectivity index (χ4v) is 2.69. The van der Waals surface area contributed by atoms with E-state index in [9.17, 15) is 4.79 Å². The number of ether oxygens (including phenoxy) is 1. The van der Waals surface area contributed by atoms with Gasteiger partial charge >= 0.3 is 5.97 Å². The Morgan fingerprint density at radius 3 is 2.90 bits per heavy atom. The third-order valence-electron chi connectivity index (χ3n) is 2.58. The molecule has 5 heteroatoms. The number of benzene rings is 1. The topological polar surface area (TPSA) is 46.5 Å². The first kappa shape index (κ1) is 14.6. The monoisotopic (exact) mass is 308 g/mol. The number of aryl methyl sites for hydroxylation is 1. The summed E-state index contributed by atoms with van der Waals surface area (Å²) in [5.74, 6) is -0.154. The zero-order chi connectivity index (χ0) is 14.5. The van der Waals surface area contributed by atoms with Crippen molar-refractivity contribution < 1.29 is 14.6 Å². The normalized spacial score (nSPS) is 10.9. The number of thiophene rings is 1. The first-order valence-corrected chi connectivity index (χ1v) is 7.13. The number of rotatable bonds is 5. The second-order valence-electron chi connectivity index (χ2n) is 4.17. The highest BCUT2D eigenvalue weighted by Gasteiger charge is 2.03. The molecule has 3 nitrogen and oxygen atoms in total. The molecule has 1 aromatic heterocycles. The summed E-state index contributed by atoms with van der Waals surface area (Å²) in [6.45, 7) is 2.39. The van der Waals surface area contributed by atoms with Crippen molar-refractivity contribution in [3.8, 4) is 5.75 Å². The standard InChI is InChI=1S/C15H13ClO3S/c1-10-8-11(16)2-6-14(10)19-9-13-4-3-12(20-13)5-7-15(17)18/h2-8H,9H2,1H3,(H,17,18). The molecule has 0 unspecified atom stereocenters. The fraction of sp³-hybridized carbons (Fsp3) is 0.133. The maximum Gasteiger partial charge on any atom is 0.328 e. The average molecular weight is 309 g/mol. The Kier molecular flexibility index (Phi) is 4.82. The van der Waals surface area contributed by atoms with Gasteiger partial charge in [0.2, 0.25) is 0 Å². The smallest absolute Gasteiger partial charge is 0.328 e. The van der Waals surface area contributed by atoms with Gasteiger partial charge in [-0.05, 0) is 48.9 Å². The highest BCUT2D eigenvalue weighted by Crippen LogP contribution is 2.24. The molecule has 2 aromatic rings.